The molecule has 0 aliphatic heterocycles. The van der Waals surface area contributed by atoms with E-state index in [9.17, 15) is 9.18 Å². The molecule has 1 N–H and O–H groups in total. The van der Waals surface area contributed by atoms with E-state index in [0.717, 1.165) is 11.1 Å². The number of benzene rings is 3. The third kappa shape index (κ3) is 3.99. The monoisotopic (exact) mass is 380 g/mol. The quantitative estimate of drug-likeness (QED) is 0.511. The van der Waals surface area contributed by atoms with Crippen LogP contribution in [-0.4, -0.2) is 10.9 Å². The molecule has 0 unspecified atom stereocenters. The normalized spacial score (nSPS) is 10.9. The number of anilines is 1. The molecule has 4 nitrogen and oxygen atoms in total. The second-order valence-corrected chi connectivity index (χ2v) is 6.49. The molecule has 27 heavy (non-hydrogen) atoms. The lowest BCUT2D eigenvalue weighted by atomic mass is 10.1. The number of carbonyl (C=O) groups excluding carboxylic acids is 1. The minimum atomic E-state index is -0.377. The van der Waals surface area contributed by atoms with Gasteiger partial charge in [0.15, 0.2) is 11.5 Å². The van der Waals surface area contributed by atoms with Crippen molar-refractivity contribution in [2.24, 2.45) is 0 Å². The zero-order valence-electron chi connectivity index (χ0n) is 14.1. The van der Waals surface area contributed by atoms with E-state index in [4.69, 9.17) is 16.0 Å². The molecule has 0 bridgehead atoms. The van der Waals surface area contributed by atoms with Gasteiger partial charge in [0, 0.05) is 22.7 Å². The molecule has 0 aliphatic rings. The molecule has 1 amide bonds. The summed E-state index contributed by atoms with van der Waals surface area (Å²) in [4.78, 5) is 16.6. The largest absolute Gasteiger partial charge is 0.440 e. The highest BCUT2D eigenvalue weighted by Gasteiger charge is 2.09. The summed E-state index contributed by atoms with van der Waals surface area (Å²) < 4.78 is 18.7. The van der Waals surface area contributed by atoms with E-state index in [-0.39, 0.29) is 11.7 Å². The van der Waals surface area contributed by atoms with Crippen LogP contribution in [-0.2, 0) is 6.42 Å². The topological polar surface area (TPSA) is 55.1 Å². The van der Waals surface area contributed by atoms with E-state index in [1.54, 1.807) is 30.3 Å². The predicted molar refractivity (Wildman–Crippen MR) is 103 cm³/mol. The van der Waals surface area contributed by atoms with Crippen LogP contribution in [0.3, 0.4) is 0 Å². The average Bonchev–Trinajstić information content (AvgIpc) is 3.05. The molecule has 134 valence electrons. The molecule has 0 saturated carbocycles. The van der Waals surface area contributed by atoms with Crippen LogP contribution < -0.4 is 5.32 Å². The number of fused-ring (bicyclic) bond motifs is 1. The molecular formula is C21H14ClFN2O2. The van der Waals surface area contributed by atoms with Crippen molar-refractivity contribution in [1.29, 1.82) is 0 Å². The van der Waals surface area contributed by atoms with Crippen LogP contribution in [0.1, 0.15) is 21.8 Å². The molecule has 0 fully saturated rings. The first-order valence-corrected chi connectivity index (χ1v) is 8.65. The number of carbonyl (C=O) groups is 1. The third-order valence-electron chi connectivity index (χ3n) is 4.07. The number of oxazole rings is 1. The Kier molecular flexibility index (Phi) is 4.60. The van der Waals surface area contributed by atoms with Gasteiger partial charge in [0.2, 0.25) is 0 Å². The summed E-state index contributed by atoms with van der Waals surface area (Å²) in [5.41, 5.74) is 3.45. The summed E-state index contributed by atoms with van der Waals surface area (Å²) in [5, 5.41) is 3.40. The maximum absolute atomic E-state index is 12.9. The molecule has 0 aliphatic carbocycles. The first kappa shape index (κ1) is 17.2. The molecule has 4 aromatic rings. The summed E-state index contributed by atoms with van der Waals surface area (Å²) >= 11 is 5.96. The van der Waals surface area contributed by atoms with Gasteiger partial charge in [-0.25, -0.2) is 9.37 Å². The Morgan fingerprint density at radius 2 is 1.78 bits per heavy atom. The zero-order valence-corrected chi connectivity index (χ0v) is 14.8. The number of halogens is 2. The Hall–Kier alpha value is -3.18. The number of nitrogens with one attached hydrogen (secondary N) is 1. The van der Waals surface area contributed by atoms with E-state index in [2.05, 4.69) is 10.3 Å². The van der Waals surface area contributed by atoms with Crippen molar-refractivity contribution in [3.05, 3.63) is 94.6 Å². The van der Waals surface area contributed by atoms with Gasteiger partial charge in [0.25, 0.3) is 5.91 Å². The van der Waals surface area contributed by atoms with Crippen LogP contribution in [0.15, 0.2) is 71.1 Å². The molecular weight excluding hydrogens is 367 g/mol. The van der Waals surface area contributed by atoms with E-state index in [0.29, 0.717) is 34.2 Å². The predicted octanol–water partition coefficient (Wildman–Crippen LogP) is 5.46. The van der Waals surface area contributed by atoms with Gasteiger partial charge < -0.3 is 9.73 Å². The number of aromatic nitrogens is 1. The first-order valence-electron chi connectivity index (χ1n) is 8.28. The highest BCUT2D eigenvalue weighted by Crippen LogP contribution is 2.22. The van der Waals surface area contributed by atoms with Crippen molar-refractivity contribution in [3.8, 4) is 0 Å². The van der Waals surface area contributed by atoms with Crippen molar-refractivity contribution < 1.29 is 13.6 Å². The van der Waals surface area contributed by atoms with Gasteiger partial charge in [-0.1, -0.05) is 23.7 Å². The molecule has 1 heterocycles. The van der Waals surface area contributed by atoms with Crippen LogP contribution in [0.2, 0.25) is 5.02 Å². The highest BCUT2D eigenvalue weighted by molar-refractivity contribution is 6.31. The summed E-state index contributed by atoms with van der Waals surface area (Å²) in [5.74, 6) is -0.0775. The fourth-order valence-electron chi connectivity index (χ4n) is 2.71. The van der Waals surface area contributed by atoms with E-state index >= 15 is 0 Å². The lowest BCUT2D eigenvalue weighted by molar-refractivity contribution is 0.102. The maximum Gasteiger partial charge on any atom is 0.255 e. The average molecular weight is 381 g/mol. The van der Waals surface area contributed by atoms with Crippen LogP contribution in [0.4, 0.5) is 10.1 Å². The van der Waals surface area contributed by atoms with Crippen LogP contribution in [0.5, 0.6) is 0 Å². The molecule has 4 rings (SSSR count). The number of hydrogen-bond donors (Lipinski definition) is 1. The van der Waals surface area contributed by atoms with Gasteiger partial charge in [0.1, 0.15) is 11.3 Å². The Morgan fingerprint density at radius 1 is 1.04 bits per heavy atom. The van der Waals surface area contributed by atoms with Crippen molar-refractivity contribution in [1.82, 2.24) is 4.98 Å². The first-order chi connectivity index (χ1) is 13.1. The summed E-state index contributed by atoms with van der Waals surface area (Å²) in [6, 6.07) is 18.1. The summed E-state index contributed by atoms with van der Waals surface area (Å²) in [6.07, 6.45) is 0.526. The summed E-state index contributed by atoms with van der Waals surface area (Å²) in [7, 11) is 0. The highest BCUT2D eigenvalue weighted by atomic mass is 35.5. The van der Waals surface area contributed by atoms with E-state index < -0.39 is 0 Å². The second kappa shape index (κ2) is 7.21. The second-order valence-electron chi connectivity index (χ2n) is 6.05. The molecule has 3 aromatic carbocycles. The van der Waals surface area contributed by atoms with Crippen molar-refractivity contribution >= 4 is 34.3 Å². The lowest BCUT2D eigenvalue weighted by Gasteiger charge is -2.06. The zero-order chi connectivity index (χ0) is 18.8. The van der Waals surface area contributed by atoms with Gasteiger partial charge in [-0.15, -0.1) is 0 Å². The van der Waals surface area contributed by atoms with Gasteiger partial charge in [-0.3, -0.25) is 4.79 Å². The van der Waals surface area contributed by atoms with E-state index in [1.165, 1.54) is 24.3 Å². The number of hydrogen-bond acceptors (Lipinski definition) is 3. The summed E-state index contributed by atoms with van der Waals surface area (Å²) in [6.45, 7) is 0. The molecule has 0 radical (unpaired) electrons. The fourth-order valence-corrected chi connectivity index (χ4v) is 2.88. The number of nitrogens with zero attached hydrogens (tertiary/aromatic N) is 1. The molecule has 6 heteroatoms. The van der Waals surface area contributed by atoms with Gasteiger partial charge in [-0.2, -0.15) is 0 Å². The van der Waals surface area contributed by atoms with Crippen LogP contribution >= 0.6 is 11.6 Å². The lowest BCUT2D eigenvalue weighted by Crippen LogP contribution is -2.11. The van der Waals surface area contributed by atoms with Gasteiger partial charge in [0.05, 0.1) is 0 Å². The van der Waals surface area contributed by atoms with Crippen molar-refractivity contribution in [3.63, 3.8) is 0 Å². The van der Waals surface area contributed by atoms with Gasteiger partial charge in [-0.05, 0) is 60.2 Å². The minimum absolute atomic E-state index is 0.293. The maximum atomic E-state index is 12.9. The Balaban J connectivity index is 1.45. The fraction of sp³-hybridized carbons (Fsp3) is 0.0476. The van der Waals surface area contributed by atoms with Crippen LogP contribution in [0.25, 0.3) is 11.1 Å². The van der Waals surface area contributed by atoms with Gasteiger partial charge >= 0.3 is 0 Å². The Bertz CT molecular complexity index is 1110. The molecule has 0 spiro atoms. The minimum Gasteiger partial charge on any atom is -0.440 e. The molecule has 1 aromatic heterocycles. The van der Waals surface area contributed by atoms with E-state index in [1.807, 2.05) is 12.1 Å². The molecule has 0 saturated heterocycles. The Labute approximate surface area is 159 Å². The Morgan fingerprint density at radius 3 is 2.52 bits per heavy atom. The smallest absolute Gasteiger partial charge is 0.255 e. The molecule has 0 atom stereocenters. The van der Waals surface area contributed by atoms with Crippen molar-refractivity contribution in [2.45, 2.75) is 6.42 Å². The third-order valence-corrected chi connectivity index (χ3v) is 4.30. The standard InChI is InChI=1S/C21H14ClFN2O2/c22-15-5-10-19-18(12-15)25-20(27-19)11-13-1-8-17(9-2-13)24-21(26)14-3-6-16(23)7-4-14/h1-10,12H,11H2,(H,24,26). The van der Waals surface area contributed by atoms with Crippen molar-refractivity contribution in [2.75, 3.05) is 5.32 Å². The number of rotatable bonds is 4. The SMILES string of the molecule is O=C(Nc1ccc(Cc2nc3cc(Cl)ccc3o2)cc1)c1ccc(F)cc1. The number of amides is 1. The van der Waals surface area contributed by atoms with Crippen LogP contribution in [0, 0.1) is 5.82 Å².